The van der Waals surface area contributed by atoms with E-state index < -0.39 is 27.9 Å². The molecule has 18 heavy (non-hydrogen) atoms. The van der Waals surface area contributed by atoms with Crippen molar-refractivity contribution in [1.82, 2.24) is 5.01 Å². The second-order valence-corrected chi connectivity index (χ2v) is 4.17. The Morgan fingerprint density at radius 2 is 1.89 bits per heavy atom. The number of nitrogens with zero attached hydrogens (tertiary/aromatic N) is 2. The SMILES string of the molecule is O=[N+]([O-])c1ccc(F)c(F)c1NN1CCCCC1. The van der Waals surface area contributed by atoms with Crippen LogP contribution in [-0.2, 0) is 0 Å². The molecule has 0 saturated carbocycles. The second kappa shape index (κ2) is 5.26. The van der Waals surface area contributed by atoms with Crippen molar-refractivity contribution in [2.45, 2.75) is 19.3 Å². The van der Waals surface area contributed by atoms with Crippen LogP contribution in [0, 0.1) is 21.7 Å². The third-order valence-corrected chi connectivity index (χ3v) is 2.90. The minimum atomic E-state index is -1.21. The monoisotopic (exact) mass is 257 g/mol. The third-order valence-electron chi connectivity index (χ3n) is 2.90. The van der Waals surface area contributed by atoms with Gasteiger partial charge in [0.15, 0.2) is 17.3 Å². The van der Waals surface area contributed by atoms with Gasteiger partial charge < -0.3 is 5.43 Å². The van der Waals surface area contributed by atoms with Gasteiger partial charge in [0, 0.05) is 19.2 Å². The summed E-state index contributed by atoms with van der Waals surface area (Å²) >= 11 is 0. The number of piperidine rings is 1. The molecule has 0 radical (unpaired) electrons. The van der Waals surface area contributed by atoms with Crippen molar-refractivity contribution in [2.24, 2.45) is 0 Å². The summed E-state index contributed by atoms with van der Waals surface area (Å²) in [5.74, 6) is -2.31. The van der Waals surface area contributed by atoms with Crippen molar-refractivity contribution >= 4 is 11.4 Å². The molecule has 1 saturated heterocycles. The van der Waals surface area contributed by atoms with Crippen molar-refractivity contribution in [2.75, 3.05) is 18.5 Å². The number of rotatable bonds is 3. The molecule has 1 N–H and O–H groups in total. The molecule has 1 heterocycles. The number of hydrazine groups is 1. The molecule has 0 aliphatic carbocycles. The Morgan fingerprint density at radius 1 is 1.22 bits per heavy atom. The lowest BCUT2D eigenvalue weighted by Gasteiger charge is -2.27. The number of hydrogen-bond donors (Lipinski definition) is 1. The molecule has 1 aliphatic rings. The van der Waals surface area contributed by atoms with E-state index >= 15 is 0 Å². The van der Waals surface area contributed by atoms with Crippen LogP contribution in [0.1, 0.15) is 19.3 Å². The van der Waals surface area contributed by atoms with Crippen molar-refractivity contribution in [3.05, 3.63) is 33.9 Å². The van der Waals surface area contributed by atoms with Crippen LogP contribution in [-0.4, -0.2) is 23.0 Å². The topological polar surface area (TPSA) is 58.4 Å². The Labute approximate surface area is 103 Å². The summed E-state index contributed by atoms with van der Waals surface area (Å²) in [5.41, 5.74) is 1.76. The maximum absolute atomic E-state index is 13.6. The van der Waals surface area contributed by atoms with E-state index in [2.05, 4.69) is 5.43 Å². The van der Waals surface area contributed by atoms with E-state index in [4.69, 9.17) is 0 Å². The molecule has 7 heteroatoms. The van der Waals surface area contributed by atoms with Gasteiger partial charge in [0.05, 0.1) is 4.92 Å². The van der Waals surface area contributed by atoms with Crippen LogP contribution in [0.4, 0.5) is 20.2 Å². The maximum atomic E-state index is 13.6. The summed E-state index contributed by atoms with van der Waals surface area (Å²) in [5, 5.41) is 12.5. The van der Waals surface area contributed by atoms with Crippen LogP contribution in [0.15, 0.2) is 12.1 Å². The highest BCUT2D eigenvalue weighted by molar-refractivity contribution is 5.62. The summed E-state index contributed by atoms with van der Waals surface area (Å²) in [6.45, 7) is 1.32. The molecule has 1 aromatic carbocycles. The van der Waals surface area contributed by atoms with Crippen LogP contribution >= 0.6 is 0 Å². The fourth-order valence-electron chi connectivity index (χ4n) is 1.96. The first-order chi connectivity index (χ1) is 8.59. The summed E-state index contributed by atoms with van der Waals surface area (Å²) in [6, 6.07) is 1.72. The molecule has 0 amide bonds. The first-order valence-corrected chi connectivity index (χ1v) is 5.73. The van der Waals surface area contributed by atoms with Gasteiger partial charge in [0.25, 0.3) is 5.69 Å². The quantitative estimate of drug-likeness (QED) is 0.668. The van der Waals surface area contributed by atoms with E-state index in [9.17, 15) is 18.9 Å². The second-order valence-electron chi connectivity index (χ2n) is 4.17. The van der Waals surface area contributed by atoms with Gasteiger partial charge in [-0.15, -0.1) is 0 Å². The highest BCUT2D eigenvalue weighted by atomic mass is 19.2. The average Bonchev–Trinajstić information content (AvgIpc) is 2.36. The predicted octanol–water partition coefficient (Wildman–Crippen LogP) is 2.69. The molecule has 1 fully saturated rings. The van der Waals surface area contributed by atoms with Crippen LogP contribution in [0.25, 0.3) is 0 Å². The zero-order valence-electron chi connectivity index (χ0n) is 9.66. The van der Waals surface area contributed by atoms with Gasteiger partial charge in [0.1, 0.15) is 0 Å². The molecular formula is C11H13F2N3O2. The summed E-state index contributed by atoms with van der Waals surface area (Å²) in [7, 11) is 0. The number of anilines is 1. The Hall–Kier alpha value is -1.76. The normalized spacial score (nSPS) is 16.6. The van der Waals surface area contributed by atoms with Gasteiger partial charge in [-0.1, -0.05) is 6.42 Å². The van der Waals surface area contributed by atoms with E-state index in [0.717, 1.165) is 31.4 Å². The van der Waals surface area contributed by atoms with Crippen molar-refractivity contribution in [1.29, 1.82) is 0 Å². The molecule has 5 nitrogen and oxygen atoms in total. The van der Waals surface area contributed by atoms with Crippen molar-refractivity contribution in [3.63, 3.8) is 0 Å². The number of hydrogen-bond acceptors (Lipinski definition) is 4. The number of nitrogens with one attached hydrogen (secondary N) is 1. The van der Waals surface area contributed by atoms with Gasteiger partial charge in [-0.25, -0.2) is 13.8 Å². The van der Waals surface area contributed by atoms with Gasteiger partial charge >= 0.3 is 0 Å². The average molecular weight is 257 g/mol. The lowest BCUT2D eigenvalue weighted by Crippen LogP contribution is -2.35. The summed E-state index contributed by atoms with van der Waals surface area (Å²) in [4.78, 5) is 10.1. The van der Waals surface area contributed by atoms with E-state index in [-0.39, 0.29) is 0 Å². The lowest BCUT2D eigenvalue weighted by molar-refractivity contribution is -0.384. The van der Waals surface area contributed by atoms with Gasteiger partial charge in [-0.2, -0.15) is 0 Å². The Balaban J connectivity index is 2.29. The highest BCUT2D eigenvalue weighted by Gasteiger charge is 2.23. The molecule has 0 bridgehead atoms. The Bertz CT molecular complexity index is 462. The molecule has 1 aliphatic heterocycles. The highest BCUT2D eigenvalue weighted by Crippen LogP contribution is 2.30. The van der Waals surface area contributed by atoms with Crippen LogP contribution in [0.5, 0.6) is 0 Å². The number of benzene rings is 1. The molecule has 98 valence electrons. The Kier molecular flexibility index (Phi) is 3.71. The van der Waals surface area contributed by atoms with E-state index in [1.807, 2.05) is 0 Å². The summed E-state index contributed by atoms with van der Waals surface area (Å²) in [6.07, 6.45) is 2.93. The fourth-order valence-corrected chi connectivity index (χ4v) is 1.96. The minimum Gasteiger partial charge on any atom is -0.310 e. The van der Waals surface area contributed by atoms with Crippen LogP contribution in [0.3, 0.4) is 0 Å². The van der Waals surface area contributed by atoms with Crippen LogP contribution in [0.2, 0.25) is 0 Å². The van der Waals surface area contributed by atoms with Crippen molar-refractivity contribution in [3.8, 4) is 0 Å². The molecular weight excluding hydrogens is 244 g/mol. The van der Waals surface area contributed by atoms with Crippen molar-refractivity contribution < 1.29 is 13.7 Å². The smallest absolute Gasteiger partial charge is 0.296 e. The predicted molar refractivity (Wildman–Crippen MR) is 62.1 cm³/mol. The first kappa shape index (κ1) is 12.7. The zero-order valence-corrected chi connectivity index (χ0v) is 9.66. The van der Waals surface area contributed by atoms with E-state index in [1.165, 1.54) is 0 Å². The number of nitro groups is 1. The lowest BCUT2D eigenvalue weighted by atomic mass is 10.2. The van der Waals surface area contributed by atoms with Gasteiger partial charge in [-0.05, 0) is 18.9 Å². The molecule has 0 aromatic heterocycles. The van der Waals surface area contributed by atoms with Gasteiger partial charge in [0.2, 0.25) is 0 Å². The third kappa shape index (κ3) is 2.56. The van der Waals surface area contributed by atoms with Crippen LogP contribution < -0.4 is 5.43 Å². The zero-order chi connectivity index (χ0) is 13.1. The van der Waals surface area contributed by atoms with E-state index in [1.54, 1.807) is 5.01 Å². The van der Waals surface area contributed by atoms with Gasteiger partial charge in [-0.3, -0.25) is 10.1 Å². The molecule has 0 spiro atoms. The summed E-state index contributed by atoms with van der Waals surface area (Å²) < 4.78 is 26.7. The number of halogens is 2. The number of nitro benzene ring substituents is 1. The molecule has 1 aromatic rings. The Morgan fingerprint density at radius 3 is 2.50 bits per heavy atom. The fraction of sp³-hybridized carbons (Fsp3) is 0.455. The first-order valence-electron chi connectivity index (χ1n) is 5.73. The standard InChI is InChI=1S/C11H13F2N3O2/c12-8-4-5-9(16(17)18)11(10(8)13)14-15-6-2-1-3-7-15/h4-5,14H,1-3,6-7H2. The molecule has 2 rings (SSSR count). The maximum Gasteiger partial charge on any atom is 0.296 e. The minimum absolute atomic E-state index is 0.401. The molecule has 0 atom stereocenters. The largest absolute Gasteiger partial charge is 0.310 e. The van der Waals surface area contributed by atoms with E-state index in [0.29, 0.717) is 13.1 Å². The molecule has 0 unspecified atom stereocenters.